The van der Waals surface area contributed by atoms with Crippen LogP contribution < -0.4 is 10.2 Å². The van der Waals surface area contributed by atoms with Crippen molar-refractivity contribution in [1.82, 2.24) is 15.1 Å². The Morgan fingerprint density at radius 1 is 1.07 bits per heavy atom. The Bertz CT molecular complexity index is 1670. The Hall–Kier alpha value is -3.50. The molecule has 0 spiro atoms. The van der Waals surface area contributed by atoms with E-state index in [9.17, 15) is 9.59 Å². The van der Waals surface area contributed by atoms with Crippen LogP contribution in [-0.2, 0) is 16.1 Å². The minimum absolute atomic E-state index is 0.156. The summed E-state index contributed by atoms with van der Waals surface area (Å²) in [6, 6.07) is 22.4. The molecule has 2 aromatic carbocycles. The van der Waals surface area contributed by atoms with E-state index in [2.05, 4.69) is 5.32 Å². The van der Waals surface area contributed by atoms with Gasteiger partial charge in [-0.25, -0.2) is 4.68 Å². The van der Waals surface area contributed by atoms with E-state index in [1.54, 1.807) is 40.5 Å². The summed E-state index contributed by atoms with van der Waals surface area (Å²) in [5, 5.41) is 10.7. The third-order valence-corrected chi connectivity index (χ3v) is 9.10. The number of hydrogen-bond donors (Lipinski definition) is 1. The molecular formula is C29H22Cl2N4O3S2. The molecule has 0 radical (unpaired) electrons. The molecule has 2 amide bonds. The quantitative estimate of drug-likeness (QED) is 0.215. The maximum Gasteiger partial charge on any atom is 0.240 e. The molecule has 11 heteroatoms. The fourth-order valence-corrected chi connectivity index (χ4v) is 6.96. The molecule has 3 aromatic heterocycles. The molecule has 0 aliphatic carbocycles. The molecule has 0 saturated heterocycles. The minimum Gasteiger partial charge on any atom is -0.467 e. The van der Waals surface area contributed by atoms with Crippen LogP contribution >= 0.6 is 46.3 Å². The summed E-state index contributed by atoms with van der Waals surface area (Å²) in [7, 11) is 0. The number of anilines is 1. The monoisotopic (exact) mass is 608 g/mol. The van der Waals surface area contributed by atoms with Crippen LogP contribution in [0, 0.1) is 0 Å². The van der Waals surface area contributed by atoms with E-state index in [1.807, 2.05) is 60.0 Å². The van der Waals surface area contributed by atoms with Crippen LogP contribution in [0.3, 0.4) is 0 Å². The number of thioether (sulfide) groups is 1. The Kier molecular flexibility index (Phi) is 7.71. The first-order valence-electron chi connectivity index (χ1n) is 12.4. The van der Waals surface area contributed by atoms with Crippen molar-refractivity contribution in [3.8, 4) is 16.3 Å². The zero-order valence-electron chi connectivity index (χ0n) is 20.9. The van der Waals surface area contributed by atoms with E-state index >= 15 is 0 Å². The molecule has 4 heterocycles. The number of para-hydroxylation sites is 1. The number of hydrogen-bond acceptors (Lipinski definition) is 6. The molecule has 202 valence electrons. The van der Waals surface area contributed by atoms with Gasteiger partial charge in [0.1, 0.15) is 23.8 Å². The molecule has 1 aliphatic rings. The van der Waals surface area contributed by atoms with Gasteiger partial charge in [-0.3, -0.25) is 14.5 Å². The fraction of sp³-hybridized carbons (Fsp3) is 0.138. The summed E-state index contributed by atoms with van der Waals surface area (Å²) in [5.74, 6) is 0.740. The van der Waals surface area contributed by atoms with Crippen LogP contribution in [0.1, 0.15) is 22.1 Å². The van der Waals surface area contributed by atoms with Gasteiger partial charge in [-0.05, 0) is 53.4 Å². The number of carbonyl (C=O) groups excluding carboxylic acids is 2. The Morgan fingerprint density at radius 3 is 2.70 bits per heavy atom. The first-order chi connectivity index (χ1) is 19.5. The van der Waals surface area contributed by atoms with Gasteiger partial charge in [0.15, 0.2) is 0 Å². The van der Waals surface area contributed by atoms with E-state index in [4.69, 9.17) is 32.7 Å². The molecule has 1 atom stereocenters. The molecule has 0 fully saturated rings. The predicted octanol–water partition coefficient (Wildman–Crippen LogP) is 6.99. The highest BCUT2D eigenvalue weighted by atomic mass is 35.5. The third-order valence-electron chi connectivity index (χ3n) is 6.42. The number of rotatable bonds is 7. The minimum atomic E-state index is -0.327. The van der Waals surface area contributed by atoms with Crippen LogP contribution in [-0.4, -0.2) is 33.9 Å². The standard InChI is InChI=1S/C29H22Cl2N4O3S2/c30-19-7-3-6-18(14-19)28-26-27(23-11-5-13-39-23)33-35(22-10-2-1-9-21(22)31)29(26)34(25(37)17-40-28)16-24(36)32-15-20-8-4-12-38-20/h1-14,28H,15-17H2,(H,32,36)/t28-/m1/s1. The number of carbonyl (C=O) groups is 2. The molecule has 0 unspecified atom stereocenters. The zero-order chi connectivity index (χ0) is 27.6. The second-order valence-corrected chi connectivity index (χ2v) is 11.9. The smallest absolute Gasteiger partial charge is 0.240 e. The Balaban J connectivity index is 1.53. The number of thiophene rings is 1. The van der Waals surface area contributed by atoms with Crippen molar-refractivity contribution in [2.24, 2.45) is 0 Å². The highest BCUT2D eigenvalue weighted by Crippen LogP contribution is 2.49. The van der Waals surface area contributed by atoms with E-state index < -0.39 is 0 Å². The average Bonchev–Trinajstić information content (AvgIpc) is 3.72. The molecule has 1 aliphatic heterocycles. The molecule has 0 bridgehead atoms. The summed E-state index contributed by atoms with van der Waals surface area (Å²) in [5.41, 5.74) is 3.08. The maximum atomic E-state index is 13.8. The first kappa shape index (κ1) is 26.7. The summed E-state index contributed by atoms with van der Waals surface area (Å²) in [6.45, 7) is 0.0141. The van der Waals surface area contributed by atoms with Gasteiger partial charge in [0.2, 0.25) is 11.8 Å². The molecule has 0 saturated carbocycles. The predicted molar refractivity (Wildman–Crippen MR) is 161 cm³/mol. The lowest BCUT2D eigenvalue weighted by atomic mass is 10.0. The number of benzene rings is 2. The van der Waals surface area contributed by atoms with Crippen molar-refractivity contribution in [2.75, 3.05) is 17.2 Å². The van der Waals surface area contributed by atoms with Gasteiger partial charge >= 0.3 is 0 Å². The number of fused-ring (bicyclic) bond motifs is 1. The molecule has 40 heavy (non-hydrogen) atoms. The summed E-state index contributed by atoms with van der Waals surface area (Å²) in [4.78, 5) is 29.4. The highest BCUT2D eigenvalue weighted by Gasteiger charge is 2.38. The lowest BCUT2D eigenvalue weighted by Gasteiger charge is -2.23. The molecule has 5 aromatic rings. The topological polar surface area (TPSA) is 80.4 Å². The zero-order valence-corrected chi connectivity index (χ0v) is 24.1. The van der Waals surface area contributed by atoms with Crippen LogP contribution in [0.2, 0.25) is 10.0 Å². The summed E-state index contributed by atoms with van der Waals surface area (Å²) in [6.07, 6.45) is 1.55. The second-order valence-electron chi connectivity index (χ2n) is 9.01. The van der Waals surface area contributed by atoms with Crippen LogP contribution in [0.4, 0.5) is 5.82 Å². The maximum absolute atomic E-state index is 13.8. The van der Waals surface area contributed by atoms with Gasteiger partial charge in [0.05, 0.1) is 39.4 Å². The summed E-state index contributed by atoms with van der Waals surface area (Å²) >= 11 is 16.1. The van der Waals surface area contributed by atoms with Crippen molar-refractivity contribution in [1.29, 1.82) is 0 Å². The Morgan fingerprint density at radius 2 is 1.95 bits per heavy atom. The van der Waals surface area contributed by atoms with Gasteiger partial charge in [-0.1, -0.05) is 53.5 Å². The van der Waals surface area contributed by atoms with Crippen LogP contribution in [0.5, 0.6) is 0 Å². The molecule has 7 nitrogen and oxygen atoms in total. The Labute approximate surface area is 248 Å². The lowest BCUT2D eigenvalue weighted by Crippen LogP contribution is -2.42. The number of halogens is 2. The van der Waals surface area contributed by atoms with Gasteiger partial charge in [-0.2, -0.15) is 5.10 Å². The van der Waals surface area contributed by atoms with E-state index in [-0.39, 0.29) is 35.9 Å². The first-order valence-corrected chi connectivity index (χ1v) is 15.1. The fourth-order valence-electron chi connectivity index (χ4n) is 4.64. The van der Waals surface area contributed by atoms with Crippen molar-refractivity contribution in [3.63, 3.8) is 0 Å². The molecule has 6 rings (SSSR count). The van der Waals surface area contributed by atoms with Gasteiger partial charge in [0, 0.05) is 10.6 Å². The van der Waals surface area contributed by atoms with Crippen molar-refractivity contribution in [2.45, 2.75) is 11.8 Å². The van der Waals surface area contributed by atoms with E-state index in [0.29, 0.717) is 27.3 Å². The van der Waals surface area contributed by atoms with Crippen molar-refractivity contribution in [3.05, 3.63) is 111 Å². The average molecular weight is 610 g/mol. The number of aromatic nitrogens is 2. The van der Waals surface area contributed by atoms with Crippen molar-refractivity contribution < 1.29 is 14.0 Å². The van der Waals surface area contributed by atoms with Gasteiger partial charge in [0.25, 0.3) is 0 Å². The molecule has 1 N–H and O–H groups in total. The molecular weight excluding hydrogens is 587 g/mol. The number of amides is 2. The lowest BCUT2D eigenvalue weighted by molar-refractivity contribution is -0.123. The van der Waals surface area contributed by atoms with Gasteiger partial charge in [-0.15, -0.1) is 23.1 Å². The van der Waals surface area contributed by atoms with Gasteiger partial charge < -0.3 is 9.73 Å². The number of nitrogens with zero attached hydrogens (tertiary/aromatic N) is 3. The van der Waals surface area contributed by atoms with Crippen molar-refractivity contribution >= 4 is 63.9 Å². The number of furan rings is 1. The number of nitrogens with one attached hydrogen (secondary N) is 1. The second kappa shape index (κ2) is 11.5. The van der Waals surface area contributed by atoms with E-state index in [1.165, 1.54) is 16.7 Å². The third kappa shape index (κ3) is 5.30. The van der Waals surface area contributed by atoms with E-state index in [0.717, 1.165) is 21.7 Å². The highest BCUT2D eigenvalue weighted by molar-refractivity contribution is 8.00. The largest absolute Gasteiger partial charge is 0.467 e. The SMILES string of the molecule is O=C(CN1C(=O)CS[C@H](c2cccc(Cl)c2)c2c(-c3cccs3)nn(-c3ccccc3Cl)c21)NCc1ccco1. The normalized spacial score (nSPS) is 15.1. The van der Waals surface area contributed by atoms with Crippen LogP contribution in [0.15, 0.2) is 88.9 Å². The summed E-state index contributed by atoms with van der Waals surface area (Å²) < 4.78 is 7.03. The van der Waals surface area contributed by atoms with Crippen LogP contribution in [0.25, 0.3) is 16.3 Å².